The second-order valence-corrected chi connectivity index (χ2v) is 5.54. The number of carbonyl (C=O) groups is 1. The molecule has 3 rings (SSSR count). The van der Waals surface area contributed by atoms with Crippen molar-refractivity contribution in [3.05, 3.63) is 60.4 Å². The molecule has 0 aliphatic carbocycles. The molecule has 1 amide bonds. The summed E-state index contributed by atoms with van der Waals surface area (Å²) < 4.78 is 10.5. The molecule has 2 heterocycles. The summed E-state index contributed by atoms with van der Waals surface area (Å²) in [5.41, 5.74) is 0.914. The van der Waals surface area contributed by atoms with E-state index in [0.717, 1.165) is 11.3 Å². The number of hydrogen-bond acceptors (Lipinski definition) is 5. The van der Waals surface area contributed by atoms with Crippen LogP contribution in [-0.2, 0) is 11.2 Å². The van der Waals surface area contributed by atoms with E-state index in [2.05, 4.69) is 15.5 Å². The van der Waals surface area contributed by atoms with Gasteiger partial charge in [-0.15, -0.1) is 0 Å². The smallest absolute Gasteiger partial charge is 0.226 e. The minimum atomic E-state index is -0.138. The molecule has 0 fully saturated rings. The number of carbonyl (C=O) groups excluding carboxylic acids is 1. The van der Waals surface area contributed by atoms with Crippen molar-refractivity contribution >= 4 is 5.91 Å². The molecule has 0 radical (unpaired) electrons. The number of aromatic nitrogens is 2. The van der Waals surface area contributed by atoms with E-state index in [-0.39, 0.29) is 11.9 Å². The van der Waals surface area contributed by atoms with Gasteiger partial charge in [-0.05, 0) is 25.5 Å². The standard InChI is InChI=1S/C18H19N3O3/c1-13(15-9-6-12-23-15)19-16(22)10-5-11-17-20-18(21-24-17)14-7-3-2-4-8-14/h2-4,6-9,12-13H,5,10-11H2,1H3,(H,19,22)/t13-/m0/s1. The lowest BCUT2D eigenvalue weighted by atomic mass is 10.2. The molecule has 6 nitrogen and oxygen atoms in total. The topological polar surface area (TPSA) is 81.2 Å². The average Bonchev–Trinajstić information content (AvgIpc) is 3.27. The highest BCUT2D eigenvalue weighted by Gasteiger charge is 2.13. The van der Waals surface area contributed by atoms with Crippen LogP contribution in [0.25, 0.3) is 11.4 Å². The van der Waals surface area contributed by atoms with E-state index in [0.29, 0.717) is 31.0 Å². The summed E-state index contributed by atoms with van der Waals surface area (Å²) in [7, 11) is 0. The Morgan fingerprint density at radius 2 is 2.04 bits per heavy atom. The maximum absolute atomic E-state index is 11.9. The molecule has 0 unspecified atom stereocenters. The van der Waals surface area contributed by atoms with Crippen LogP contribution in [0.15, 0.2) is 57.7 Å². The zero-order valence-electron chi connectivity index (χ0n) is 13.4. The Labute approximate surface area is 139 Å². The highest BCUT2D eigenvalue weighted by Crippen LogP contribution is 2.16. The Kier molecular flexibility index (Phi) is 5.05. The Balaban J connectivity index is 1.45. The fraction of sp³-hybridized carbons (Fsp3) is 0.278. The molecule has 1 aromatic carbocycles. The van der Waals surface area contributed by atoms with Crippen LogP contribution in [0.1, 0.15) is 37.5 Å². The third-order valence-corrected chi connectivity index (χ3v) is 3.64. The summed E-state index contributed by atoms with van der Waals surface area (Å²) in [5, 5.41) is 6.87. The molecular formula is C18H19N3O3. The Hall–Kier alpha value is -2.89. The van der Waals surface area contributed by atoms with Crippen LogP contribution in [-0.4, -0.2) is 16.0 Å². The molecule has 24 heavy (non-hydrogen) atoms. The van der Waals surface area contributed by atoms with Crippen LogP contribution < -0.4 is 5.32 Å². The summed E-state index contributed by atoms with van der Waals surface area (Å²) in [6.07, 6.45) is 3.21. The Bertz CT molecular complexity index is 766. The quantitative estimate of drug-likeness (QED) is 0.718. The van der Waals surface area contributed by atoms with E-state index in [1.807, 2.05) is 43.3 Å². The highest BCUT2D eigenvalue weighted by atomic mass is 16.5. The Morgan fingerprint density at radius 3 is 2.79 bits per heavy atom. The lowest BCUT2D eigenvalue weighted by Gasteiger charge is -2.10. The minimum absolute atomic E-state index is 0.0262. The van der Waals surface area contributed by atoms with E-state index in [1.54, 1.807) is 12.3 Å². The van der Waals surface area contributed by atoms with Crippen LogP contribution in [0, 0.1) is 0 Å². The molecule has 124 valence electrons. The number of hydrogen-bond donors (Lipinski definition) is 1. The summed E-state index contributed by atoms with van der Waals surface area (Å²) in [4.78, 5) is 16.3. The molecule has 1 atom stereocenters. The molecule has 2 aromatic heterocycles. The first-order valence-electron chi connectivity index (χ1n) is 7.93. The van der Waals surface area contributed by atoms with Crippen molar-refractivity contribution in [2.45, 2.75) is 32.2 Å². The third-order valence-electron chi connectivity index (χ3n) is 3.64. The fourth-order valence-electron chi connectivity index (χ4n) is 2.38. The molecule has 0 aliphatic rings. The zero-order valence-corrected chi connectivity index (χ0v) is 13.4. The first-order chi connectivity index (χ1) is 11.7. The van der Waals surface area contributed by atoms with Gasteiger partial charge in [0.05, 0.1) is 12.3 Å². The lowest BCUT2D eigenvalue weighted by Crippen LogP contribution is -2.26. The highest BCUT2D eigenvalue weighted by molar-refractivity contribution is 5.76. The normalized spacial score (nSPS) is 12.0. The van der Waals surface area contributed by atoms with E-state index in [4.69, 9.17) is 8.94 Å². The van der Waals surface area contributed by atoms with Gasteiger partial charge in [0, 0.05) is 18.4 Å². The monoisotopic (exact) mass is 325 g/mol. The number of rotatable bonds is 7. The van der Waals surface area contributed by atoms with Crippen LogP contribution in [0.3, 0.4) is 0 Å². The van der Waals surface area contributed by atoms with Gasteiger partial charge in [-0.1, -0.05) is 35.5 Å². The van der Waals surface area contributed by atoms with Crippen molar-refractivity contribution in [1.29, 1.82) is 0 Å². The van der Waals surface area contributed by atoms with Gasteiger partial charge >= 0.3 is 0 Å². The zero-order chi connectivity index (χ0) is 16.8. The third kappa shape index (κ3) is 4.10. The van der Waals surface area contributed by atoms with Gasteiger partial charge in [0.1, 0.15) is 5.76 Å². The van der Waals surface area contributed by atoms with Crippen molar-refractivity contribution in [1.82, 2.24) is 15.5 Å². The lowest BCUT2D eigenvalue weighted by molar-refractivity contribution is -0.121. The predicted molar refractivity (Wildman–Crippen MR) is 87.9 cm³/mol. The predicted octanol–water partition coefficient (Wildman–Crippen LogP) is 3.53. The summed E-state index contributed by atoms with van der Waals surface area (Å²) in [6, 6.07) is 13.2. The minimum Gasteiger partial charge on any atom is -0.467 e. The Morgan fingerprint density at radius 1 is 1.21 bits per heavy atom. The molecule has 0 saturated carbocycles. The van der Waals surface area contributed by atoms with Crippen LogP contribution in [0.5, 0.6) is 0 Å². The number of furan rings is 1. The second-order valence-electron chi connectivity index (χ2n) is 5.54. The van der Waals surface area contributed by atoms with Crippen molar-refractivity contribution in [3.8, 4) is 11.4 Å². The maximum Gasteiger partial charge on any atom is 0.226 e. The van der Waals surface area contributed by atoms with Crippen LogP contribution in [0.2, 0.25) is 0 Å². The number of nitrogens with one attached hydrogen (secondary N) is 1. The van der Waals surface area contributed by atoms with Crippen molar-refractivity contribution in [2.24, 2.45) is 0 Å². The van der Waals surface area contributed by atoms with Crippen molar-refractivity contribution in [3.63, 3.8) is 0 Å². The van der Waals surface area contributed by atoms with E-state index >= 15 is 0 Å². The fourth-order valence-corrected chi connectivity index (χ4v) is 2.38. The van der Waals surface area contributed by atoms with Gasteiger partial charge in [-0.3, -0.25) is 4.79 Å². The van der Waals surface area contributed by atoms with Gasteiger partial charge in [-0.25, -0.2) is 0 Å². The molecule has 6 heteroatoms. The first kappa shape index (κ1) is 16.0. The summed E-state index contributed by atoms with van der Waals surface area (Å²) in [5.74, 6) is 1.83. The van der Waals surface area contributed by atoms with Crippen molar-refractivity contribution in [2.75, 3.05) is 0 Å². The first-order valence-corrected chi connectivity index (χ1v) is 7.93. The molecule has 1 N–H and O–H groups in total. The number of amides is 1. The molecule has 0 saturated heterocycles. The number of nitrogens with zero attached hydrogens (tertiary/aromatic N) is 2. The second kappa shape index (κ2) is 7.59. The molecular weight excluding hydrogens is 306 g/mol. The molecule has 0 bridgehead atoms. The van der Waals surface area contributed by atoms with Gasteiger partial charge in [0.15, 0.2) is 0 Å². The van der Waals surface area contributed by atoms with Gasteiger partial charge < -0.3 is 14.3 Å². The van der Waals surface area contributed by atoms with Gasteiger partial charge in [0.2, 0.25) is 17.6 Å². The average molecular weight is 325 g/mol. The van der Waals surface area contributed by atoms with E-state index in [1.165, 1.54) is 0 Å². The van der Waals surface area contributed by atoms with Gasteiger partial charge in [-0.2, -0.15) is 4.98 Å². The summed E-state index contributed by atoms with van der Waals surface area (Å²) >= 11 is 0. The maximum atomic E-state index is 11.9. The SMILES string of the molecule is C[C@H](NC(=O)CCCc1nc(-c2ccccc2)no1)c1ccco1. The summed E-state index contributed by atoms with van der Waals surface area (Å²) in [6.45, 7) is 1.89. The molecule has 0 spiro atoms. The number of aryl methyl sites for hydroxylation is 1. The van der Waals surface area contributed by atoms with Crippen LogP contribution in [0.4, 0.5) is 0 Å². The van der Waals surface area contributed by atoms with Crippen molar-refractivity contribution < 1.29 is 13.7 Å². The van der Waals surface area contributed by atoms with Crippen LogP contribution >= 0.6 is 0 Å². The van der Waals surface area contributed by atoms with Gasteiger partial charge in [0.25, 0.3) is 0 Å². The largest absolute Gasteiger partial charge is 0.467 e. The number of benzene rings is 1. The van der Waals surface area contributed by atoms with E-state index in [9.17, 15) is 4.79 Å². The molecule has 0 aliphatic heterocycles. The van der Waals surface area contributed by atoms with E-state index < -0.39 is 0 Å². The molecule has 3 aromatic rings.